The fourth-order valence-electron chi connectivity index (χ4n) is 1.42. The normalized spacial score (nSPS) is 24.5. The molecule has 0 saturated carbocycles. The predicted molar refractivity (Wildman–Crippen MR) is 49.3 cm³/mol. The molecule has 0 spiro atoms. The molecular formula is C10H10ClFO. The molecule has 1 atom stereocenters. The molecule has 1 heterocycles. The Balaban J connectivity index is 2.36. The van der Waals surface area contributed by atoms with Crippen LogP contribution in [0.1, 0.15) is 25.5 Å². The van der Waals surface area contributed by atoms with Crippen LogP contribution in [0.3, 0.4) is 0 Å². The molecular weight excluding hydrogens is 191 g/mol. The van der Waals surface area contributed by atoms with Crippen LogP contribution in [-0.2, 0) is 4.74 Å². The third kappa shape index (κ3) is 1.56. The maximum atomic E-state index is 13.3. The number of rotatable bonds is 1. The molecule has 1 aromatic rings. The van der Waals surface area contributed by atoms with Gasteiger partial charge in [-0.2, -0.15) is 0 Å². The summed E-state index contributed by atoms with van der Waals surface area (Å²) in [6.07, 6.45) is -0.147. The van der Waals surface area contributed by atoms with E-state index in [4.69, 9.17) is 16.3 Å². The van der Waals surface area contributed by atoms with Crippen molar-refractivity contribution in [1.29, 1.82) is 0 Å². The molecule has 0 N–H and O–H groups in total. The molecule has 0 aromatic heterocycles. The van der Waals surface area contributed by atoms with Gasteiger partial charge in [-0.15, -0.1) is 0 Å². The van der Waals surface area contributed by atoms with Crippen LogP contribution < -0.4 is 0 Å². The topological polar surface area (TPSA) is 12.5 Å². The largest absolute Gasteiger partial charge is 0.361 e. The average Bonchev–Trinajstić information content (AvgIpc) is 2.65. The zero-order valence-electron chi connectivity index (χ0n) is 7.47. The summed E-state index contributed by atoms with van der Waals surface area (Å²) in [6, 6.07) is 4.53. The lowest BCUT2D eigenvalue weighted by Gasteiger charge is -2.00. The van der Waals surface area contributed by atoms with Crippen LogP contribution in [0.25, 0.3) is 0 Å². The fraction of sp³-hybridized carbons (Fsp3) is 0.400. The smallest absolute Gasteiger partial charge is 0.129 e. The Bertz CT molecular complexity index is 349. The second-order valence-electron chi connectivity index (χ2n) is 3.77. The third-order valence-electron chi connectivity index (χ3n) is 2.24. The molecule has 0 bridgehead atoms. The van der Waals surface area contributed by atoms with Gasteiger partial charge in [-0.05, 0) is 32.0 Å². The second kappa shape index (κ2) is 2.69. The Morgan fingerprint density at radius 2 is 2.08 bits per heavy atom. The molecule has 0 aliphatic carbocycles. The standard InChI is InChI=1S/C10H10ClFO/c1-10(2)9(13-10)7-5-6(11)3-4-8(7)12/h3-5,9H,1-2H3. The molecule has 1 fully saturated rings. The third-order valence-corrected chi connectivity index (χ3v) is 2.47. The SMILES string of the molecule is CC1(C)OC1c1cc(Cl)ccc1F. The van der Waals surface area contributed by atoms with E-state index in [0.717, 1.165) is 0 Å². The molecule has 13 heavy (non-hydrogen) atoms. The lowest BCUT2D eigenvalue weighted by Crippen LogP contribution is -1.99. The molecule has 1 aliphatic heterocycles. The van der Waals surface area contributed by atoms with Crippen LogP contribution in [0.4, 0.5) is 4.39 Å². The molecule has 1 saturated heterocycles. The average molecular weight is 201 g/mol. The lowest BCUT2D eigenvalue weighted by atomic mass is 10.0. The Morgan fingerprint density at radius 1 is 1.46 bits per heavy atom. The Hall–Kier alpha value is -0.600. The van der Waals surface area contributed by atoms with E-state index in [-0.39, 0.29) is 17.5 Å². The van der Waals surface area contributed by atoms with Crippen molar-refractivity contribution < 1.29 is 9.13 Å². The number of benzene rings is 1. The first kappa shape index (κ1) is 8.97. The summed E-state index contributed by atoms with van der Waals surface area (Å²) in [7, 11) is 0. The van der Waals surface area contributed by atoms with Gasteiger partial charge >= 0.3 is 0 Å². The number of ether oxygens (including phenoxy) is 1. The van der Waals surface area contributed by atoms with Gasteiger partial charge in [0.05, 0.1) is 5.60 Å². The summed E-state index contributed by atoms with van der Waals surface area (Å²) >= 11 is 5.76. The van der Waals surface area contributed by atoms with Gasteiger partial charge in [0, 0.05) is 10.6 Å². The van der Waals surface area contributed by atoms with Gasteiger partial charge in [-0.3, -0.25) is 0 Å². The molecule has 1 unspecified atom stereocenters. The van der Waals surface area contributed by atoms with Crippen molar-refractivity contribution in [2.24, 2.45) is 0 Å². The highest BCUT2D eigenvalue weighted by molar-refractivity contribution is 6.30. The van der Waals surface area contributed by atoms with Gasteiger partial charge in [0.2, 0.25) is 0 Å². The summed E-state index contributed by atoms with van der Waals surface area (Å²) in [6.45, 7) is 3.86. The minimum absolute atomic E-state index is 0.147. The van der Waals surface area contributed by atoms with Crippen molar-refractivity contribution in [3.63, 3.8) is 0 Å². The van der Waals surface area contributed by atoms with Crippen molar-refractivity contribution in [1.82, 2.24) is 0 Å². The molecule has 1 aromatic carbocycles. The highest BCUT2D eigenvalue weighted by Gasteiger charge is 2.50. The van der Waals surface area contributed by atoms with E-state index in [1.165, 1.54) is 12.1 Å². The molecule has 1 aliphatic rings. The minimum atomic E-state index is -0.250. The summed E-state index contributed by atoms with van der Waals surface area (Å²) in [5.74, 6) is -0.250. The van der Waals surface area contributed by atoms with Crippen molar-refractivity contribution >= 4 is 11.6 Å². The van der Waals surface area contributed by atoms with Crippen molar-refractivity contribution in [3.05, 3.63) is 34.6 Å². The van der Waals surface area contributed by atoms with Crippen LogP contribution in [0.2, 0.25) is 5.02 Å². The van der Waals surface area contributed by atoms with Gasteiger partial charge < -0.3 is 4.74 Å². The van der Waals surface area contributed by atoms with Crippen LogP contribution in [0.5, 0.6) is 0 Å². The maximum Gasteiger partial charge on any atom is 0.129 e. The van der Waals surface area contributed by atoms with E-state index in [9.17, 15) is 4.39 Å². The van der Waals surface area contributed by atoms with Crippen LogP contribution >= 0.6 is 11.6 Å². The second-order valence-corrected chi connectivity index (χ2v) is 4.20. The zero-order chi connectivity index (χ0) is 9.64. The Labute approximate surface area is 81.5 Å². The molecule has 3 heteroatoms. The monoisotopic (exact) mass is 200 g/mol. The van der Waals surface area contributed by atoms with E-state index < -0.39 is 0 Å². The molecule has 70 valence electrons. The Kier molecular flexibility index (Phi) is 1.86. The van der Waals surface area contributed by atoms with E-state index in [1.54, 1.807) is 6.07 Å². The predicted octanol–water partition coefficient (Wildman–Crippen LogP) is 3.33. The molecule has 0 radical (unpaired) electrons. The Morgan fingerprint density at radius 3 is 2.62 bits per heavy atom. The summed E-state index contributed by atoms with van der Waals surface area (Å²) in [4.78, 5) is 0. The zero-order valence-corrected chi connectivity index (χ0v) is 8.23. The number of epoxide rings is 1. The number of halogens is 2. The minimum Gasteiger partial charge on any atom is -0.361 e. The van der Waals surface area contributed by atoms with E-state index in [2.05, 4.69) is 0 Å². The van der Waals surface area contributed by atoms with E-state index in [1.807, 2.05) is 13.8 Å². The van der Waals surface area contributed by atoms with Crippen LogP contribution in [0, 0.1) is 5.82 Å². The quantitative estimate of drug-likeness (QED) is 0.634. The summed E-state index contributed by atoms with van der Waals surface area (Å²) in [5, 5.41) is 0.544. The van der Waals surface area contributed by atoms with E-state index in [0.29, 0.717) is 10.6 Å². The maximum absolute atomic E-state index is 13.3. The number of hydrogen-bond donors (Lipinski definition) is 0. The molecule has 1 nitrogen and oxygen atoms in total. The van der Waals surface area contributed by atoms with Gasteiger partial charge in [0.15, 0.2) is 0 Å². The molecule has 2 rings (SSSR count). The highest BCUT2D eigenvalue weighted by atomic mass is 35.5. The lowest BCUT2D eigenvalue weighted by molar-refractivity contribution is 0.323. The summed E-state index contributed by atoms with van der Waals surface area (Å²) < 4.78 is 18.6. The van der Waals surface area contributed by atoms with Gasteiger partial charge in [-0.25, -0.2) is 4.39 Å². The fourth-order valence-corrected chi connectivity index (χ4v) is 1.60. The molecule has 0 amide bonds. The van der Waals surface area contributed by atoms with Crippen LogP contribution in [0.15, 0.2) is 18.2 Å². The first-order valence-electron chi connectivity index (χ1n) is 4.13. The van der Waals surface area contributed by atoms with Crippen molar-refractivity contribution in [2.45, 2.75) is 25.6 Å². The summed E-state index contributed by atoms with van der Waals surface area (Å²) in [5.41, 5.74) is 0.309. The van der Waals surface area contributed by atoms with E-state index >= 15 is 0 Å². The van der Waals surface area contributed by atoms with Gasteiger partial charge in [0.25, 0.3) is 0 Å². The van der Waals surface area contributed by atoms with Gasteiger partial charge in [-0.1, -0.05) is 11.6 Å². The highest BCUT2D eigenvalue weighted by Crippen LogP contribution is 2.49. The first-order chi connectivity index (χ1) is 6.00. The first-order valence-corrected chi connectivity index (χ1v) is 4.51. The number of hydrogen-bond acceptors (Lipinski definition) is 1. The van der Waals surface area contributed by atoms with Crippen molar-refractivity contribution in [2.75, 3.05) is 0 Å². The van der Waals surface area contributed by atoms with Crippen molar-refractivity contribution in [3.8, 4) is 0 Å². The van der Waals surface area contributed by atoms with Crippen LogP contribution in [-0.4, -0.2) is 5.60 Å². The van der Waals surface area contributed by atoms with Gasteiger partial charge in [0.1, 0.15) is 11.9 Å².